The van der Waals surface area contributed by atoms with E-state index in [-0.39, 0.29) is 24.5 Å². The molecule has 3 aromatic rings. The van der Waals surface area contributed by atoms with Crippen molar-refractivity contribution in [1.29, 1.82) is 0 Å². The van der Waals surface area contributed by atoms with E-state index in [1.807, 2.05) is 37.3 Å². The Bertz CT molecular complexity index is 1490. The summed E-state index contributed by atoms with van der Waals surface area (Å²) in [5.74, 6) is -1.94. The van der Waals surface area contributed by atoms with Crippen molar-refractivity contribution in [3.8, 4) is 5.75 Å². The molecule has 1 aliphatic heterocycles. The van der Waals surface area contributed by atoms with E-state index in [2.05, 4.69) is 4.98 Å². The molecule has 10 nitrogen and oxygen atoms in total. The average molecular weight is 534 g/mol. The topological polar surface area (TPSA) is 143 Å². The van der Waals surface area contributed by atoms with Gasteiger partial charge in [-0.1, -0.05) is 18.2 Å². The van der Waals surface area contributed by atoms with Gasteiger partial charge in [0.25, 0.3) is 0 Å². The summed E-state index contributed by atoms with van der Waals surface area (Å²) >= 11 is 0. The molecule has 4 rings (SSSR count). The maximum atomic E-state index is 13.1. The zero-order valence-electron chi connectivity index (χ0n) is 19.8. The third-order valence-corrected chi connectivity index (χ3v) is 9.34. The highest BCUT2D eigenvalue weighted by atomic mass is 32.2. The molecule has 192 valence electrons. The van der Waals surface area contributed by atoms with Crippen molar-refractivity contribution >= 4 is 36.7 Å². The molecule has 1 aromatic heterocycles. The fourth-order valence-corrected chi connectivity index (χ4v) is 7.41. The molecule has 2 heterocycles. The minimum atomic E-state index is -3.96. The Hall–Kier alpha value is -3.06. The number of para-hydroxylation sites is 1. The van der Waals surface area contributed by atoms with Crippen LogP contribution in [0.3, 0.4) is 0 Å². The summed E-state index contributed by atoms with van der Waals surface area (Å²) in [7, 11) is -7.72. The van der Waals surface area contributed by atoms with E-state index in [0.29, 0.717) is 5.75 Å². The molecule has 2 N–H and O–H groups in total. The standard InChI is InChI=1S/C24H27N3O7S2/c1-16-13-17(20-5-3-4-6-22(20)25-16)14-34-18-7-9-19(10-8-18)36(32,33)15-23-21(24(28)26-29)11-12-27(23)35(2,30)31/h3-10,13,21,23,29H,11-12,14-15H2,1-2H3,(H,26,28)/t21-,23-/m0/s1. The lowest BCUT2D eigenvalue weighted by Crippen LogP contribution is -2.45. The summed E-state index contributed by atoms with van der Waals surface area (Å²) in [4.78, 5) is 16.5. The number of hydrogen-bond acceptors (Lipinski definition) is 8. The number of pyridine rings is 1. The Balaban J connectivity index is 1.51. The van der Waals surface area contributed by atoms with Gasteiger partial charge in [0.1, 0.15) is 12.4 Å². The largest absolute Gasteiger partial charge is 0.489 e. The first kappa shape index (κ1) is 26.0. The molecule has 2 aromatic carbocycles. The maximum absolute atomic E-state index is 13.1. The summed E-state index contributed by atoms with van der Waals surface area (Å²) in [6.45, 7) is 2.16. The van der Waals surface area contributed by atoms with E-state index in [4.69, 9.17) is 9.94 Å². The van der Waals surface area contributed by atoms with E-state index < -0.39 is 43.5 Å². The van der Waals surface area contributed by atoms with Crippen LogP contribution in [0, 0.1) is 12.8 Å². The number of nitrogens with one attached hydrogen (secondary N) is 1. The molecule has 1 amide bonds. The zero-order valence-corrected chi connectivity index (χ0v) is 21.4. The molecule has 1 saturated heterocycles. The summed E-state index contributed by atoms with van der Waals surface area (Å²) in [5.41, 5.74) is 4.18. The van der Waals surface area contributed by atoms with Crippen LogP contribution >= 0.6 is 0 Å². The number of nitrogens with zero attached hydrogens (tertiary/aromatic N) is 2. The van der Waals surface area contributed by atoms with Crippen molar-refractivity contribution in [3.05, 3.63) is 65.9 Å². The number of carbonyl (C=O) groups is 1. The number of aromatic nitrogens is 1. The smallest absolute Gasteiger partial charge is 0.248 e. The van der Waals surface area contributed by atoms with E-state index in [9.17, 15) is 21.6 Å². The van der Waals surface area contributed by atoms with Gasteiger partial charge in [-0.2, -0.15) is 4.31 Å². The number of ether oxygens (including phenoxy) is 1. The van der Waals surface area contributed by atoms with Crippen molar-refractivity contribution in [2.45, 2.75) is 30.9 Å². The van der Waals surface area contributed by atoms with Crippen LogP contribution in [-0.4, -0.2) is 61.8 Å². The van der Waals surface area contributed by atoms with Gasteiger partial charge in [-0.25, -0.2) is 22.3 Å². The molecule has 1 fully saturated rings. The first-order valence-electron chi connectivity index (χ1n) is 11.2. The van der Waals surface area contributed by atoms with Gasteiger partial charge < -0.3 is 4.74 Å². The summed E-state index contributed by atoms with van der Waals surface area (Å²) in [6, 6.07) is 14.4. The van der Waals surface area contributed by atoms with Crippen LogP contribution in [-0.2, 0) is 31.3 Å². The second-order valence-electron chi connectivity index (χ2n) is 8.79. The van der Waals surface area contributed by atoms with Crippen molar-refractivity contribution in [1.82, 2.24) is 14.8 Å². The highest BCUT2D eigenvalue weighted by Crippen LogP contribution is 2.30. The average Bonchev–Trinajstić information content (AvgIpc) is 3.25. The Kier molecular flexibility index (Phi) is 7.32. The third-order valence-electron chi connectivity index (χ3n) is 6.27. The number of benzene rings is 2. The third kappa shape index (κ3) is 5.51. The van der Waals surface area contributed by atoms with Crippen molar-refractivity contribution in [2.24, 2.45) is 5.92 Å². The summed E-state index contributed by atoms with van der Waals surface area (Å²) < 4.78 is 57.5. The van der Waals surface area contributed by atoms with Gasteiger partial charge in [0.05, 0.1) is 34.4 Å². The van der Waals surface area contributed by atoms with Crippen LogP contribution < -0.4 is 10.2 Å². The quantitative estimate of drug-likeness (QED) is 0.331. The van der Waals surface area contributed by atoms with E-state index in [1.54, 1.807) is 0 Å². The Labute approximate surface area is 209 Å². The molecule has 0 unspecified atom stereocenters. The number of hydrogen-bond donors (Lipinski definition) is 2. The van der Waals surface area contributed by atoms with Crippen molar-refractivity contribution in [3.63, 3.8) is 0 Å². The minimum absolute atomic E-state index is 0.00690. The number of sulfone groups is 1. The molecular weight excluding hydrogens is 506 g/mol. The normalized spacial score (nSPS) is 18.9. The SMILES string of the molecule is Cc1cc(COc2ccc(S(=O)(=O)C[C@H]3[C@@H](C(=O)NO)CCN3S(C)(=O)=O)cc2)c2ccccc2n1. The maximum Gasteiger partial charge on any atom is 0.248 e. The van der Waals surface area contributed by atoms with Crippen LogP contribution in [0.25, 0.3) is 10.9 Å². The minimum Gasteiger partial charge on any atom is -0.489 e. The van der Waals surface area contributed by atoms with Crippen LogP contribution in [0.5, 0.6) is 5.75 Å². The van der Waals surface area contributed by atoms with Gasteiger partial charge in [-0.15, -0.1) is 0 Å². The number of carbonyl (C=O) groups excluding carboxylic acids is 1. The molecule has 0 radical (unpaired) electrons. The fourth-order valence-electron chi connectivity index (χ4n) is 4.56. The first-order valence-corrected chi connectivity index (χ1v) is 14.7. The Morgan fingerprint density at radius 1 is 1.14 bits per heavy atom. The summed E-state index contributed by atoms with van der Waals surface area (Å²) in [5, 5.41) is 9.99. The monoisotopic (exact) mass is 533 g/mol. The van der Waals surface area contributed by atoms with Gasteiger partial charge in [0.2, 0.25) is 15.9 Å². The second kappa shape index (κ2) is 10.1. The Morgan fingerprint density at radius 3 is 2.50 bits per heavy atom. The lowest BCUT2D eigenvalue weighted by atomic mass is 10.0. The highest BCUT2D eigenvalue weighted by molar-refractivity contribution is 7.91. The molecule has 2 atom stereocenters. The highest BCUT2D eigenvalue weighted by Gasteiger charge is 2.45. The van der Waals surface area contributed by atoms with E-state index in [1.165, 1.54) is 29.7 Å². The van der Waals surface area contributed by atoms with Crippen molar-refractivity contribution < 1.29 is 31.6 Å². The molecule has 0 spiro atoms. The van der Waals surface area contributed by atoms with Gasteiger partial charge in [-0.05, 0) is 49.7 Å². The lowest BCUT2D eigenvalue weighted by molar-refractivity contribution is -0.133. The predicted octanol–water partition coefficient (Wildman–Crippen LogP) is 2.05. The fraction of sp³-hybridized carbons (Fsp3) is 0.333. The van der Waals surface area contributed by atoms with Gasteiger partial charge in [0.15, 0.2) is 9.84 Å². The molecule has 0 aliphatic carbocycles. The Morgan fingerprint density at radius 2 is 1.83 bits per heavy atom. The number of rotatable bonds is 8. The lowest BCUT2D eigenvalue weighted by Gasteiger charge is -2.25. The summed E-state index contributed by atoms with van der Waals surface area (Å²) in [6.07, 6.45) is 1.07. The van der Waals surface area contributed by atoms with Crippen LogP contribution in [0.15, 0.2) is 59.5 Å². The first-order chi connectivity index (χ1) is 17.0. The van der Waals surface area contributed by atoms with Gasteiger partial charge in [0, 0.05) is 23.2 Å². The number of amides is 1. The van der Waals surface area contributed by atoms with Gasteiger partial charge in [-0.3, -0.25) is 15.0 Å². The number of aryl methyl sites for hydroxylation is 1. The molecular formula is C24H27N3O7S2. The van der Waals surface area contributed by atoms with Crippen LogP contribution in [0.1, 0.15) is 17.7 Å². The van der Waals surface area contributed by atoms with Gasteiger partial charge >= 0.3 is 0 Å². The molecule has 12 heteroatoms. The molecule has 0 bridgehead atoms. The van der Waals surface area contributed by atoms with E-state index in [0.717, 1.165) is 32.7 Å². The number of fused-ring (bicyclic) bond motifs is 1. The second-order valence-corrected chi connectivity index (χ2v) is 12.8. The molecule has 1 aliphatic rings. The van der Waals surface area contributed by atoms with Crippen molar-refractivity contribution in [2.75, 3.05) is 18.6 Å². The van der Waals surface area contributed by atoms with E-state index >= 15 is 0 Å². The van der Waals surface area contributed by atoms with Crippen LogP contribution in [0.2, 0.25) is 0 Å². The predicted molar refractivity (Wildman–Crippen MR) is 133 cm³/mol. The zero-order chi connectivity index (χ0) is 26.1. The molecule has 36 heavy (non-hydrogen) atoms. The number of hydroxylamine groups is 1. The molecule has 0 saturated carbocycles. The number of sulfonamides is 1. The van der Waals surface area contributed by atoms with Crippen LogP contribution in [0.4, 0.5) is 0 Å².